The van der Waals surface area contributed by atoms with Crippen molar-refractivity contribution in [2.75, 3.05) is 26.9 Å². The van der Waals surface area contributed by atoms with Gasteiger partial charge >= 0.3 is 11.9 Å². The Bertz CT molecular complexity index is 650. The lowest BCUT2D eigenvalue weighted by Gasteiger charge is -2.17. The third-order valence-electron chi connectivity index (χ3n) is 3.21. The smallest absolute Gasteiger partial charge is 0.340 e. The Kier molecular flexibility index (Phi) is 10.1. The van der Waals surface area contributed by atoms with Gasteiger partial charge in [0.25, 0.3) is 0 Å². The molecule has 1 aromatic rings. The number of hydrogen-bond acceptors (Lipinski definition) is 5. The van der Waals surface area contributed by atoms with Crippen molar-refractivity contribution in [2.45, 2.75) is 19.4 Å². The fourth-order valence-electron chi connectivity index (χ4n) is 1.89. The van der Waals surface area contributed by atoms with Crippen LogP contribution in [0.2, 0.25) is 0 Å². The van der Waals surface area contributed by atoms with Gasteiger partial charge in [0.1, 0.15) is 6.61 Å². The molecule has 25 heavy (non-hydrogen) atoms. The van der Waals surface area contributed by atoms with E-state index in [0.717, 1.165) is 0 Å². The van der Waals surface area contributed by atoms with Crippen molar-refractivity contribution in [1.82, 2.24) is 0 Å². The lowest BCUT2D eigenvalue weighted by Crippen LogP contribution is -2.24. The standard InChI is InChI=1S/C15H16Br4O6/c1-3-24-5-4-7(23-2)6-25-15(22)9-8(14(20)21)10(16)12(18)13(19)11(9)17/h7H,3-6H2,1-2H3,(H,20,21). The second kappa shape index (κ2) is 11.0. The van der Waals surface area contributed by atoms with Gasteiger partial charge in [0.15, 0.2) is 0 Å². The summed E-state index contributed by atoms with van der Waals surface area (Å²) in [5.41, 5.74) is -0.288. The maximum absolute atomic E-state index is 12.5. The van der Waals surface area contributed by atoms with Crippen molar-refractivity contribution < 1.29 is 28.9 Å². The van der Waals surface area contributed by atoms with Crippen molar-refractivity contribution >= 4 is 75.7 Å². The van der Waals surface area contributed by atoms with E-state index in [2.05, 4.69) is 63.7 Å². The van der Waals surface area contributed by atoms with Gasteiger partial charge in [-0.3, -0.25) is 0 Å². The quantitative estimate of drug-likeness (QED) is 0.183. The van der Waals surface area contributed by atoms with Crippen LogP contribution in [-0.4, -0.2) is 50.1 Å². The van der Waals surface area contributed by atoms with Crippen LogP contribution in [0.15, 0.2) is 17.9 Å². The van der Waals surface area contributed by atoms with E-state index in [4.69, 9.17) is 14.2 Å². The molecule has 0 aliphatic carbocycles. The Morgan fingerprint density at radius 3 is 2.08 bits per heavy atom. The fraction of sp³-hybridized carbons (Fsp3) is 0.467. The van der Waals surface area contributed by atoms with Crippen molar-refractivity contribution in [3.05, 3.63) is 29.0 Å². The predicted octanol–water partition coefficient (Wildman–Crippen LogP) is 5.03. The molecular formula is C15H16Br4O6. The second-order valence-electron chi connectivity index (χ2n) is 4.75. The van der Waals surface area contributed by atoms with Crippen molar-refractivity contribution in [3.8, 4) is 0 Å². The topological polar surface area (TPSA) is 82.1 Å². The summed E-state index contributed by atoms with van der Waals surface area (Å²) in [5, 5.41) is 9.47. The third-order valence-corrected chi connectivity index (χ3v) is 7.98. The zero-order valence-corrected chi connectivity index (χ0v) is 19.8. The van der Waals surface area contributed by atoms with Gasteiger partial charge in [-0.05, 0) is 70.6 Å². The Morgan fingerprint density at radius 1 is 1.04 bits per heavy atom. The molecule has 1 N–H and O–H groups in total. The highest BCUT2D eigenvalue weighted by atomic mass is 79.9. The average molecular weight is 612 g/mol. The summed E-state index contributed by atoms with van der Waals surface area (Å²) in [5.74, 6) is -2.02. The normalized spacial score (nSPS) is 12.1. The van der Waals surface area contributed by atoms with E-state index in [1.807, 2.05) is 6.92 Å². The molecule has 0 amide bonds. The lowest BCUT2D eigenvalue weighted by molar-refractivity contribution is -0.00348. The van der Waals surface area contributed by atoms with E-state index in [9.17, 15) is 14.7 Å². The van der Waals surface area contributed by atoms with Gasteiger partial charge in [0.05, 0.1) is 17.2 Å². The largest absolute Gasteiger partial charge is 0.478 e. The number of benzene rings is 1. The molecule has 140 valence electrons. The van der Waals surface area contributed by atoms with Crippen LogP contribution in [0, 0.1) is 0 Å². The maximum Gasteiger partial charge on any atom is 0.340 e. The van der Waals surface area contributed by atoms with Gasteiger partial charge in [-0.25, -0.2) is 9.59 Å². The molecule has 0 heterocycles. The van der Waals surface area contributed by atoms with Gasteiger partial charge in [0, 0.05) is 44.6 Å². The molecular weight excluding hydrogens is 596 g/mol. The van der Waals surface area contributed by atoms with E-state index in [1.54, 1.807) is 0 Å². The third kappa shape index (κ3) is 6.00. The van der Waals surface area contributed by atoms with E-state index < -0.39 is 11.9 Å². The summed E-state index contributed by atoms with van der Waals surface area (Å²) < 4.78 is 17.2. The number of carboxylic acids is 1. The molecule has 0 bridgehead atoms. The minimum absolute atomic E-state index is 0.0147. The molecule has 0 radical (unpaired) electrons. The van der Waals surface area contributed by atoms with Crippen LogP contribution in [-0.2, 0) is 14.2 Å². The number of methoxy groups -OCH3 is 1. The average Bonchev–Trinajstić information content (AvgIpc) is 2.58. The number of esters is 1. The van der Waals surface area contributed by atoms with Gasteiger partial charge < -0.3 is 19.3 Å². The zero-order valence-electron chi connectivity index (χ0n) is 13.4. The van der Waals surface area contributed by atoms with E-state index in [0.29, 0.717) is 28.6 Å². The van der Waals surface area contributed by atoms with Crippen molar-refractivity contribution in [3.63, 3.8) is 0 Å². The first-order valence-electron chi connectivity index (χ1n) is 7.13. The molecule has 10 heteroatoms. The predicted molar refractivity (Wildman–Crippen MR) is 106 cm³/mol. The first-order chi connectivity index (χ1) is 11.8. The Labute approximate surface area is 179 Å². The van der Waals surface area contributed by atoms with Crippen molar-refractivity contribution in [1.29, 1.82) is 0 Å². The highest BCUT2D eigenvalue weighted by molar-refractivity contribution is 9.15. The number of rotatable bonds is 9. The van der Waals surface area contributed by atoms with E-state index >= 15 is 0 Å². The molecule has 0 saturated carbocycles. The molecule has 0 saturated heterocycles. The molecule has 1 atom stereocenters. The van der Waals surface area contributed by atoms with Crippen LogP contribution in [0.25, 0.3) is 0 Å². The van der Waals surface area contributed by atoms with Crippen molar-refractivity contribution in [2.24, 2.45) is 0 Å². The number of carbonyl (C=O) groups is 2. The molecule has 0 spiro atoms. The summed E-state index contributed by atoms with van der Waals surface area (Å²) >= 11 is 13.0. The number of aromatic carboxylic acids is 1. The molecule has 0 aliphatic heterocycles. The Morgan fingerprint density at radius 2 is 1.60 bits per heavy atom. The summed E-state index contributed by atoms with van der Waals surface area (Å²) in [6, 6.07) is 0. The Hall–Kier alpha value is -0.000000000000000187. The molecule has 6 nitrogen and oxygen atoms in total. The van der Waals surface area contributed by atoms with Gasteiger partial charge in [0.2, 0.25) is 0 Å². The number of hydrogen-bond donors (Lipinski definition) is 1. The minimum Gasteiger partial charge on any atom is -0.478 e. The SMILES string of the molecule is CCOCCC(COC(=O)c1c(Br)c(Br)c(Br)c(Br)c1C(=O)O)OC. The van der Waals surface area contributed by atoms with Crippen LogP contribution in [0.4, 0.5) is 0 Å². The summed E-state index contributed by atoms with van der Waals surface area (Å²) in [4.78, 5) is 24.1. The van der Waals surface area contributed by atoms with Crippen LogP contribution >= 0.6 is 63.7 Å². The fourth-order valence-corrected chi connectivity index (χ4v) is 4.34. The van der Waals surface area contributed by atoms with Crippen LogP contribution < -0.4 is 0 Å². The number of halogens is 4. The van der Waals surface area contributed by atoms with Crippen LogP contribution in [0.1, 0.15) is 34.1 Å². The molecule has 1 rings (SSSR count). The molecule has 1 unspecified atom stereocenters. The molecule has 0 fully saturated rings. The lowest BCUT2D eigenvalue weighted by atomic mass is 10.1. The first-order valence-corrected chi connectivity index (χ1v) is 10.3. The number of ether oxygens (including phenoxy) is 3. The van der Waals surface area contributed by atoms with Gasteiger partial charge in [-0.15, -0.1) is 0 Å². The van der Waals surface area contributed by atoms with Crippen LogP contribution in [0.3, 0.4) is 0 Å². The van der Waals surface area contributed by atoms with E-state index in [-0.39, 0.29) is 32.8 Å². The molecule has 0 aliphatic rings. The molecule has 1 aromatic carbocycles. The van der Waals surface area contributed by atoms with Crippen LogP contribution in [0.5, 0.6) is 0 Å². The highest BCUT2D eigenvalue weighted by Crippen LogP contribution is 2.42. The maximum atomic E-state index is 12.5. The monoisotopic (exact) mass is 608 g/mol. The summed E-state index contributed by atoms with van der Waals surface area (Å²) in [6.07, 6.45) is 0.211. The number of carbonyl (C=O) groups excluding carboxylic acids is 1. The first kappa shape index (κ1) is 23.0. The Balaban J connectivity index is 3.03. The summed E-state index contributed by atoms with van der Waals surface area (Å²) in [6.45, 7) is 2.94. The van der Waals surface area contributed by atoms with E-state index in [1.165, 1.54) is 7.11 Å². The summed E-state index contributed by atoms with van der Waals surface area (Å²) in [7, 11) is 1.51. The number of carboxylic acid groups (broad SMARTS) is 1. The zero-order chi connectivity index (χ0) is 19.1. The molecule has 0 aromatic heterocycles. The van der Waals surface area contributed by atoms with Gasteiger partial charge in [-0.1, -0.05) is 0 Å². The second-order valence-corrected chi connectivity index (χ2v) is 7.92. The van der Waals surface area contributed by atoms with Gasteiger partial charge in [-0.2, -0.15) is 0 Å². The highest BCUT2D eigenvalue weighted by Gasteiger charge is 2.29. The minimum atomic E-state index is -1.26.